The highest BCUT2D eigenvalue weighted by atomic mass is 16.6. The summed E-state index contributed by atoms with van der Waals surface area (Å²) in [7, 11) is 7.19. The van der Waals surface area contributed by atoms with Crippen LogP contribution in [0, 0.1) is 10.1 Å². The molecule has 0 bridgehead atoms. The molecule has 3 aromatic heterocycles. The van der Waals surface area contributed by atoms with Crippen LogP contribution in [-0.4, -0.2) is 70.6 Å². The Bertz CT molecular complexity index is 1250. The van der Waals surface area contributed by atoms with Crippen molar-refractivity contribution in [2.24, 2.45) is 0 Å². The van der Waals surface area contributed by atoms with Crippen LogP contribution in [0.4, 0.5) is 5.82 Å². The standard InChI is InChI=1S/C24H29N7O3/c1-25-24(9-12-29(2)3)15-20(34-4)18(14-21(24)31(32)33)28-22-13-17(8-10-26-22)19-16-27-23-7-5-6-11-30(19)23/h5-8,10-11,13-16,21,25H,9,12H2,1-4H3,(H,26,28). The molecular weight excluding hydrogens is 434 g/mol. The Balaban J connectivity index is 1.67. The summed E-state index contributed by atoms with van der Waals surface area (Å²) in [5, 5.41) is 18.5. The molecule has 0 saturated heterocycles. The number of methoxy groups -OCH3 is 1. The summed E-state index contributed by atoms with van der Waals surface area (Å²) in [6, 6.07) is 8.63. The third-order valence-electron chi connectivity index (χ3n) is 6.13. The van der Waals surface area contributed by atoms with Crippen molar-refractivity contribution in [2.45, 2.75) is 18.0 Å². The third kappa shape index (κ3) is 4.50. The molecule has 178 valence electrons. The lowest BCUT2D eigenvalue weighted by Crippen LogP contribution is -2.57. The molecule has 1 aliphatic carbocycles. The zero-order chi connectivity index (χ0) is 24.3. The minimum absolute atomic E-state index is 0.265. The molecule has 10 heteroatoms. The lowest BCUT2D eigenvalue weighted by molar-refractivity contribution is -0.519. The van der Waals surface area contributed by atoms with Crippen molar-refractivity contribution in [3.05, 3.63) is 82.6 Å². The maximum absolute atomic E-state index is 12.1. The van der Waals surface area contributed by atoms with Gasteiger partial charge < -0.3 is 20.3 Å². The van der Waals surface area contributed by atoms with Gasteiger partial charge in [0.2, 0.25) is 0 Å². The van der Waals surface area contributed by atoms with E-state index >= 15 is 0 Å². The predicted molar refractivity (Wildman–Crippen MR) is 131 cm³/mol. The van der Waals surface area contributed by atoms with Crippen LogP contribution in [0.3, 0.4) is 0 Å². The Morgan fingerprint density at radius 2 is 2.12 bits per heavy atom. The number of likely N-dealkylation sites (N-methyl/N-ethyl adjacent to an activating group) is 1. The predicted octanol–water partition coefficient (Wildman–Crippen LogP) is 2.79. The van der Waals surface area contributed by atoms with E-state index in [9.17, 15) is 10.1 Å². The lowest BCUT2D eigenvalue weighted by Gasteiger charge is -2.36. The average Bonchev–Trinajstić information content (AvgIpc) is 3.27. The summed E-state index contributed by atoms with van der Waals surface area (Å²) in [4.78, 5) is 22.7. The van der Waals surface area contributed by atoms with E-state index in [0.717, 1.165) is 16.9 Å². The zero-order valence-electron chi connectivity index (χ0n) is 19.7. The lowest BCUT2D eigenvalue weighted by atomic mass is 9.81. The van der Waals surface area contributed by atoms with Gasteiger partial charge in [0.05, 0.1) is 24.7 Å². The molecular formula is C24H29N7O3. The van der Waals surface area contributed by atoms with Gasteiger partial charge in [-0.25, -0.2) is 9.97 Å². The van der Waals surface area contributed by atoms with E-state index in [-0.39, 0.29) is 4.92 Å². The summed E-state index contributed by atoms with van der Waals surface area (Å²) < 4.78 is 7.63. The number of hydrogen-bond acceptors (Lipinski definition) is 8. The molecule has 0 fully saturated rings. The Hall–Kier alpha value is -3.76. The van der Waals surface area contributed by atoms with E-state index in [1.165, 1.54) is 0 Å². The monoisotopic (exact) mass is 463 g/mol. The summed E-state index contributed by atoms with van der Waals surface area (Å²) in [5.74, 6) is 1.07. The molecule has 0 spiro atoms. The maximum atomic E-state index is 12.1. The summed E-state index contributed by atoms with van der Waals surface area (Å²) in [5.41, 5.74) is 2.30. The first kappa shape index (κ1) is 23.4. The number of anilines is 1. The van der Waals surface area contributed by atoms with Crippen LogP contribution in [0.25, 0.3) is 16.9 Å². The largest absolute Gasteiger partial charge is 0.495 e. The van der Waals surface area contributed by atoms with Gasteiger partial charge in [0.25, 0.3) is 6.04 Å². The van der Waals surface area contributed by atoms with Crippen LogP contribution in [0.1, 0.15) is 6.42 Å². The summed E-state index contributed by atoms with van der Waals surface area (Å²) >= 11 is 0. The average molecular weight is 464 g/mol. The van der Waals surface area contributed by atoms with Crippen LogP contribution in [0.15, 0.2) is 72.5 Å². The van der Waals surface area contributed by atoms with Crippen LogP contribution >= 0.6 is 0 Å². The van der Waals surface area contributed by atoms with Crippen molar-refractivity contribution in [1.29, 1.82) is 0 Å². The van der Waals surface area contributed by atoms with Gasteiger partial charge in [0.1, 0.15) is 22.8 Å². The minimum Gasteiger partial charge on any atom is -0.495 e. The molecule has 0 saturated carbocycles. The van der Waals surface area contributed by atoms with Gasteiger partial charge in [-0.1, -0.05) is 6.07 Å². The smallest absolute Gasteiger partial charge is 0.255 e. The maximum Gasteiger partial charge on any atom is 0.255 e. The summed E-state index contributed by atoms with van der Waals surface area (Å²) in [6.07, 6.45) is 9.41. The van der Waals surface area contributed by atoms with E-state index in [4.69, 9.17) is 4.74 Å². The second-order valence-corrected chi connectivity index (χ2v) is 8.49. The number of rotatable bonds is 9. The molecule has 3 aromatic rings. The van der Waals surface area contributed by atoms with Gasteiger partial charge in [-0.3, -0.25) is 14.5 Å². The Morgan fingerprint density at radius 3 is 2.82 bits per heavy atom. The number of nitrogens with one attached hydrogen (secondary N) is 2. The fourth-order valence-electron chi connectivity index (χ4n) is 4.22. The van der Waals surface area contributed by atoms with E-state index in [1.54, 1.807) is 32.5 Å². The van der Waals surface area contributed by atoms with E-state index in [1.807, 2.05) is 66.1 Å². The highest BCUT2D eigenvalue weighted by Gasteiger charge is 2.46. The fraction of sp³-hybridized carbons (Fsp3) is 0.333. The number of fused-ring (bicyclic) bond motifs is 1. The second kappa shape index (κ2) is 9.62. The van der Waals surface area contributed by atoms with Gasteiger partial charge in [-0.2, -0.15) is 0 Å². The molecule has 0 amide bonds. The van der Waals surface area contributed by atoms with Crippen molar-refractivity contribution < 1.29 is 9.66 Å². The fourth-order valence-corrected chi connectivity index (χ4v) is 4.22. The number of aromatic nitrogens is 3. The molecule has 2 atom stereocenters. The van der Waals surface area contributed by atoms with E-state index in [0.29, 0.717) is 30.2 Å². The molecule has 0 radical (unpaired) electrons. The molecule has 4 rings (SSSR count). The number of imidazole rings is 1. The quantitative estimate of drug-likeness (QED) is 0.368. The Morgan fingerprint density at radius 1 is 1.29 bits per heavy atom. The molecule has 34 heavy (non-hydrogen) atoms. The normalized spacial score (nSPS) is 20.2. The molecule has 10 nitrogen and oxygen atoms in total. The highest BCUT2D eigenvalue weighted by Crippen LogP contribution is 2.32. The van der Waals surface area contributed by atoms with Crippen LogP contribution in [0.5, 0.6) is 0 Å². The first-order valence-electron chi connectivity index (χ1n) is 11.0. The van der Waals surface area contributed by atoms with Crippen molar-refractivity contribution in [3.63, 3.8) is 0 Å². The van der Waals surface area contributed by atoms with Crippen LogP contribution in [0.2, 0.25) is 0 Å². The molecule has 0 aliphatic heterocycles. The van der Waals surface area contributed by atoms with Gasteiger partial charge in [0, 0.05) is 29.0 Å². The SMILES string of the molecule is CNC1(CCN(C)C)C=C(OC)C(Nc2cc(-c3cnc4ccccn34)ccn2)=CC1[N+](=O)[O-]. The molecule has 2 N–H and O–H groups in total. The van der Waals surface area contributed by atoms with Crippen molar-refractivity contribution in [3.8, 4) is 11.3 Å². The second-order valence-electron chi connectivity index (χ2n) is 8.49. The number of pyridine rings is 2. The van der Waals surface area contributed by atoms with Gasteiger partial charge >= 0.3 is 0 Å². The third-order valence-corrected chi connectivity index (χ3v) is 6.13. The van der Waals surface area contributed by atoms with Gasteiger partial charge in [0.15, 0.2) is 0 Å². The molecule has 2 unspecified atom stereocenters. The minimum atomic E-state index is -0.985. The van der Waals surface area contributed by atoms with Gasteiger partial charge in [-0.05, 0) is 64.5 Å². The summed E-state index contributed by atoms with van der Waals surface area (Å²) in [6.45, 7) is 0.679. The number of hydrogen-bond donors (Lipinski definition) is 2. The molecule has 1 aliphatic rings. The van der Waals surface area contributed by atoms with Crippen molar-refractivity contribution in [1.82, 2.24) is 24.6 Å². The topological polar surface area (TPSA) is 110 Å². The van der Waals surface area contributed by atoms with Crippen molar-refractivity contribution in [2.75, 3.05) is 40.1 Å². The first-order chi connectivity index (χ1) is 16.4. The number of nitro groups is 1. The molecule has 0 aromatic carbocycles. The Kier molecular flexibility index (Phi) is 6.62. The van der Waals surface area contributed by atoms with E-state index in [2.05, 4.69) is 20.6 Å². The van der Waals surface area contributed by atoms with E-state index < -0.39 is 11.6 Å². The zero-order valence-corrected chi connectivity index (χ0v) is 19.7. The highest BCUT2D eigenvalue weighted by molar-refractivity contribution is 5.67. The van der Waals surface area contributed by atoms with Gasteiger partial charge in [-0.15, -0.1) is 0 Å². The first-order valence-corrected chi connectivity index (χ1v) is 11.0. The van der Waals surface area contributed by atoms with Crippen LogP contribution < -0.4 is 10.6 Å². The molecule has 3 heterocycles. The van der Waals surface area contributed by atoms with Crippen molar-refractivity contribution >= 4 is 11.5 Å². The number of ether oxygens (including phenoxy) is 1. The van der Waals surface area contributed by atoms with Crippen LogP contribution in [-0.2, 0) is 4.74 Å². The Labute approximate surface area is 198 Å². The number of nitrogens with zero attached hydrogens (tertiary/aromatic N) is 5.